The van der Waals surface area contributed by atoms with E-state index in [0.29, 0.717) is 0 Å². The highest BCUT2D eigenvalue weighted by Crippen LogP contribution is 2.19. The third-order valence-corrected chi connectivity index (χ3v) is 3.86. The zero-order valence-corrected chi connectivity index (χ0v) is 14.1. The number of hydrogen-bond acceptors (Lipinski definition) is 8. The highest BCUT2D eigenvalue weighted by atomic mass is 16.5. The minimum atomic E-state index is -1.57. The van der Waals surface area contributed by atoms with Gasteiger partial charge in [-0.3, -0.25) is 14.4 Å². The van der Waals surface area contributed by atoms with E-state index in [-0.39, 0.29) is 12.8 Å². The van der Waals surface area contributed by atoms with Crippen molar-refractivity contribution in [2.45, 2.75) is 69.4 Å². The van der Waals surface area contributed by atoms with Crippen LogP contribution in [0.5, 0.6) is 0 Å². The van der Waals surface area contributed by atoms with Gasteiger partial charge in [-0.1, -0.05) is 0 Å². The molecule has 9 N–H and O–H groups in total. The second-order valence-corrected chi connectivity index (χ2v) is 6.10. The lowest BCUT2D eigenvalue weighted by molar-refractivity contribution is -0.224. The van der Waals surface area contributed by atoms with Crippen molar-refractivity contribution in [1.29, 1.82) is 0 Å². The van der Waals surface area contributed by atoms with Gasteiger partial charge in [-0.15, -0.1) is 0 Å². The van der Waals surface area contributed by atoms with Crippen LogP contribution in [0.2, 0.25) is 0 Å². The van der Waals surface area contributed by atoms with E-state index >= 15 is 0 Å². The van der Waals surface area contributed by atoms with Crippen molar-refractivity contribution in [3.05, 3.63) is 0 Å². The fraction of sp³-hybridized carbons (Fsp3) is 0.786. The van der Waals surface area contributed by atoms with Gasteiger partial charge in [0.25, 0.3) is 0 Å². The lowest BCUT2D eigenvalue weighted by atomic mass is 9.98. The molecule has 0 bridgehead atoms. The molecule has 1 rings (SSSR count). The van der Waals surface area contributed by atoms with E-state index in [0.717, 1.165) is 0 Å². The van der Waals surface area contributed by atoms with E-state index in [2.05, 4.69) is 10.6 Å². The van der Waals surface area contributed by atoms with Crippen LogP contribution in [0, 0.1) is 0 Å². The van der Waals surface area contributed by atoms with Gasteiger partial charge in [0.05, 0.1) is 12.1 Å². The van der Waals surface area contributed by atoms with Crippen LogP contribution >= 0.6 is 0 Å². The lowest BCUT2D eigenvalue weighted by Gasteiger charge is -2.39. The Kier molecular flexibility index (Phi) is 7.70. The highest BCUT2D eigenvalue weighted by molar-refractivity contribution is 5.90. The predicted molar refractivity (Wildman–Crippen MR) is 84.5 cm³/mol. The fourth-order valence-electron chi connectivity index (χ4n) is 2.27. The molecule has 0 aromatic heterocycles. The number of nitrogens with one attached hydrogen (secondary N) is 2. The van der Waals surface area contributed by atoms with Crippen molar-refractivity contribution in [2.24, 2.45) is 11.5 Å². The van der Waals surface area contributed by atoms with Gasteiger partial charge in [-0.25, -0.2) is 0 Å². The molecule has 1 aliphatic rings. The van der Waals surface area contributed by atoms with E-state index in [1.807, 2.05) is 0 Å². The summed E-state index contributed by atoms with van der Waals surface area (Å²) in [4.78, 5) is 35.0. The molecule has 1 aliphatic heterocycles. The van der Waals surface area contributed by atoms with Crippen molar-refractivity contribution in [1.82, 2.24) is 10.6 Å². The summed E-state index contributed by atoms with van der Waals surface area (Å²) in [7, 11) is 0. The number of nitrogens with two attached hydrogens (primary N) is 2. The molecule has 1 fully saturated rings. The summed E-state index contributed by atoms with van der Waals surface area (Å²) in [6.45, 7) is 2.88. The van der Waals surface area contributed by atoms with E-state index in [4.69, 9.17) is 16.2 Å². The summed E-state index contributed by atoms with van der Waals surface area (Å²) in [6, 6.07) is -2.02. The molecule has 0 aromatic rings. The number of primary amides is 1. The molecule has 0 spiro atoms. The molecular formula is C14H26N4O7. The van der Waals surface area contributed by atoms with Gasteiger partial charge >= 0.3 is 0 Å². The Morgan fingerprint density at radius 2 is 1.72 bits per heavy atom. The van der Waals surface area contributed by atoms with Crippen molar-refractivity contribution in [3.63, 3.8) is 0 Å². The summed E-state index contributed by atoms with van der Waals surface area (Å²) < 4.78 is 5.26. The first-order valence-corrected chi connectivity index (χ1v) is 7.88. The maximum atomic E-state index is 12.4. The smallest absolute Gasteiger partial charge is 0.244 e. The van der Waals surface area contributed by atoms with Gasteiger partial charge in [0.1, 0.15) is 24.4 Å². The Morgan fingerprint density at radius 3 is 2.24 bits per heavy atom. The molecule has 11 heteroatoms. The molecule has 7 atom stereocenters. The van der Waals surface area contributed by atoms with Crippen molar-refractivity contribution in [3.8, 4) is 0 Å². The van der Waals surface area contributed by atoms with Crippen LogP contribution in [0.4, 0.5) is 0 Å². The molecule has 1 saturated heterocycles. The number of aliphatic hydroxyl groups is 3. The summed E-state index contributed by atoms with van der Waals surface area (Å²) in [5.41, 5.74) is 10.5. The van der Waals surface area contributed by atoms with E-state index < -0.39 is 60.4 Å². The Morgan fingerprint density at radius 1 is 1.12 bits per heavy atom. The Labute approximate surface area is 144 Å². The minimum absolute atomic E-state index is 0.0802. The van der Waals surface area contributed by atoms with Crippen LogP contribution < -0.4 is 22.1 Å². The SMILES string of the molecule is C[C@@H]1O[C@H](NC(=O)[C@H](CCC(N)=O)NC(=O)[C@@H](C)N)[C@@H](O)[C@H](O)[C@@H]1O. The van der Waals surface area contributed by atoms with Gasteiger partial charge < -0.3 is 42.2 Å². The maximum absolute atomic E-state index is 12.4. The molecule has 11 nitrogen and oxygen atoms in total. The van der Waals surface area contributed by atoms with Crippen LogP contribution in [0.15, 0.2) is 0 Å². The Hall–Kier alpha value is -1.79. The van der Waals surface area contributed by atoms with Crippen molar-refractivity contribution < 1.29 is 34.4 Å². The second-order valence-electron chi connectivity index (χ2n) is 6.10. The van der Waals surface area contributed by atoms with Crippen molar-refractivity contribution >= 4 is 17.7 Å². The van der Waals surface area contributed by atoms with E-state index in [9.17, 15) is 29.7 Å². The van der Waals surface area contributed by atoms with Crippen LogP contribution in [0.1, 0.15) is 26.7 Å². The minimum Gasteiger partial charge on any atom is -0.388 e. The van der Waals surface area contributed by atoms with Crippen molar-refractivity contribution in [2.75, 3.05) is 0 Å². The molecule has 0 radical (unpaired) electrons. The monoisotopic (exact) mass is 362 g/mol. The number of carbonyl (C=O) groups is 3. The molecule has 0 aliphatic carbocycles. The number of amides is 3. The molecular weight excluding hydrogens is 336 g/mol. The summed E-state index contributed by atoms with van der Waals surface area (Å²) in [5.74, 6) is -2.03. The van der Waals surface area contributed by atoms with Gasteiger partial charge in [0, 0.05) is 6.42 Å². The molecule has 0 saturated carbocycles. The molecule has 0 unspecified atom stereocenters. The Balaban J connectivity index is 2.78. The molecule has 144 valence electrons. The van der Waals surface area contributed by atoms with Gasteiger partial charge in [-0.2, -0.15) is 0 Å². The van der Waals surface area contributed by atoms with E-state index in [1.165, 1.54) is 13.8 Å². The molecule has 0 aromatic carbocycles. The van der Waals surface area contributed by atoms with E-state index in [1.54, 1.807) is 0 Å². The topological polar surface area (TPSA) is 197 Å². The highest BCUT2D eigenvalue weighted by Gasteiger charge is 2.43. The predicted octanol–water partition coefficient (Wildman–Crippen LogP) is -3.97. The maximum Gasteiger partial charge on any atom is 0.244 e. The first-order chi connectivity index (χ1) is 11.5. The van der Waals surface area contributed by atoms with Crippen LogP contribution in [0.25, 0.3) is 0 Å². The van der Waals surface area contributed by atoms with Crippen LogP contribution in [-0.4, -0.2) is 75.8 Å². The third-order valence-electron chi connectivity index (χ3n) is 3.86. The standard InChI is InChI=1S/C14H26N4O7/c1-5(15)12(23)17-7(3-4-8(16)19)13(24)18-14-11(22)10(21)9(20)6(2)25-14/h5-7,9-11,14,20-22H,3-4,15H2,1-2H3,(H2,16,19)(H,17,23)(H,18,24)/t5-,6+,7+,9-,10-,11+,14+/m1/s1. The van der Waals surface area contributed by atoms with Gasteiger partial charge in [0.15, 0.2) is 6.23 Å². The zero-order valence-electron chi connectivity index (χ0n) is 14.1. The summed E-state index contributed by atoms with van der Waals surface area (Å²) in [6.07, 6.45) is -6.79. The first kappa shape index (κ1) is 21.3. The zero-order chi connectivity index (χ0) is 19.3. The third kappa shape index (κ3) is 5.90. The number of ether oxygens (including phenoxy) is 1. The second kappa shape index (κ2) is 9.06. The summed E-state index contributed by atoms with van der Waals surface area (Å²) in [5, 5.41) is 34.0. The quantitative estimate of drug-likeness (QED) is 0.238. The molecule has 3 amide bonds. The lowest BCUT2D eigenvalue weighted by Crippen LogP contribution is -2.63. The number of rotatable bonds is 7. The number of hydrogen-bond donors (Lipinski definition) is 7. The van der Waals surface area contributed by atoms with Crippen LogP contribution in [0.3, 0.4) is 0 Å². The summed E-state index contributed by atoms with van der Waals surface area (Å²) >= 11 is 0. The normalized spacial score (nSPS) is 31.7. The first-order valence-electron chi connectivity index (χ1n) is 7.88. The Bertz CT molecular complexity index is 502. The van der Waals surface area contributed by atoms with Gasteiger partial charge in [0.2, 0.25) is 17.7 Å². The number of aliphatic hydroxyl groups excluding tert-OH is 3. The van der Waals surface area contributed by atoms with Gasteiger partial charge in [-0.05, 0) is 20.3 Å². The largest absolute Gasteiger partial charge is 0.388 e. The average Bonchev–Trinajstić information content (AvgIpc) is 2.53. The molecule has 25 heavy (non-hydrogen) atoms. The number of carbonyl (C=O) groups excluding carboxylic acids is 3. The van der Waals surface area contributed by atoms with Crippen LogP contribution in [-0.2, 0) is 19.1 Å². The fourth-order valence-corrected chi connectivity index (χ4v) is 2.27. The average molecular weight is 362 g/mol. The molecule has 1 heterocycles.